The lowest BCUT2D eigenvalue weighted by atomic mass is 10.3. The summed E-state index contributed by atoms with van der Waals surface area (Å²) < 4.78 is 1.02. The zero-order chi connectivity index (χ0) is 10.5. The smallest absolute Gasteiger partial charge is 0.0797 e. The van der Waals surface area contributed by atoms with E-state index in [2.05, 4.69) is 46.2 Å². The van der Waals surface area contributed by atoms with Crippen molar-refractivity contribution in [2.45, 2.75) is 6.42 Å². The summed E-state index contributed by atoms with van der Waals surface area (Å²) in [6.45, 7) is 9.83. The summed E-state index contributed by atoms with van der Waals surface area (Å²) in [7, 11) is 8.69. The van der Waals surface area contributed by atoms with Crippen molar-refractivity contribution in [2.75, 3.05) is 41.3 Å². The molecule has 2 heteroatoms. The van der Waals surface area contributed by atoms with E-state index in [4.69, 9.17) is 0 Å². The summed E-state index contributed by atoms with van der Waals surface area (Å²) in [4.78, 5) is 2.14. The number of quaternary nitrogens is 1. The Morgan fingerprint density at radius 1 is 1.38 bits per heavy atom. The molecule has 0 fully saturated rings. The third-order valence-electron chi connectivity index (χ3n) is 2.05. The lowest BCUT2D eigenvalue weighted by molar-refractivity contribution is -0.870. The molecule has 2 nitrogen and oxygen atoms in total. The van der Waals surface area contributed by atoms with Gasteiger partial charge in [0, 0.05) is 25.7 Å². The molecule has 0 aromatic rings. The number of hydrogen-bond donors (Lipinski definition) is 0. The molecule has 0 saturated carbocycles. The van der Waals surface area contributed by atoms with Crippen LogP contribution >= 0.6 is 0 Å². The molecule has 0 spiro atoms. The van der Waals surface area contributed by atoms with Gasteiger partial charge in [-0.3, -0.25) is 0 Å². The molecule has 0 bridgehead atoms. The number of likely N-dealkylation sites (N-methyl/N-ethyl adjacent to an activating group) is 1. The molecule has 0 atom stereocenters. The predicted octanol–water partition coefficient (Wildman–Crippen LogP) is 1.71. The Morgan fingerprint density at radius 2 is 1.92 bits per heavy atom. The number of allylic oxidation sites excluding steroid dienone is 1. The quantitative estimate of drug-likeness (QED) is 0.447. The van der Waals surface area contributed by atoms with Crippen LogP contribution in [-0.4, -0.2) is 50.7 Å². The molecule has 13 heavy (non-hydrogen) atoms. The Labute approximate surface area is 82.7 Å². The second-order valence-electron chi connectivity index (χ2n) is 4.48. The van der Waals surface area contributed by atoms with Crippen LogP contribution in [0.2, 0.25) is 0 Å². The minimum absolute atomic E-state index is 1.00. The van der Waals surface area contributed by atoms with Crippen molar-refractivity contribution in [3.05, 3.63) is 24.9 Å². The first-order valence-corrected chi connectivity index (χ1v) is 4.70. The number of nitrogens with zero attached hydrogens (tertiary/aromatic N) is 2. The lowest BCUT2D eigenvalue weighted by Gasteiger charge is -2.26. The number of rotatable bonds is 6. The zero-order valence-electron chi connectivity index (χ0n) is 9.51. The fourth-order valence-electron chi connectivity index (χ4n) is 1.08. The summed E-state index contributed by atoms with van der Waals surface area (Å²) in [5.74, 6) is 0. The van der Waals surface area contributed by atoms with Gasteiger partial charge in [0.25, 0.3) is 0 Å². The van der Waals surface area contributed by atoms with Gasteiger partial charge in [0.15, 0.2) is 0 Å². The van der Waals surface area contributed by atoms with Gasteiger partial charge in [-0.05, 0) is 6.08 Å². The van der Waals surface area contributed by atoms with Gasteiger partial charge in [0.05, 0.1) is 27.7 Å². The molecular formula is C11H23N2+. The summed E-state index contributed by atoms with van der Waals surface area (Å²) in [5.41, 5.74) is 1.00. The Morgan fingerprint density at radius 3 is 2.31 bits per heavy atom. The molecular weight excluding hydrogens is 160 g/mol. The SMILES string of the molecule is C=CC(=C)N(C)CCC[N+](C)(C)C. The van der Waals surface area contributed by atoms with Crippen molar-refractivity contribution in [2.24, 2.45) is 0 Å². The van der Waals surface area contributed by atoms with Crippen LogP contribution in [0.15, 0.2) is 24.9 Å². The molecule has 0 aliphatic carbocycles. The normalized spacial score (nSPS) is 11.1. The lowest BCUT2D eigenvalue weighted by Crippen LogP contribution is -2.36. The highest BCUT2D eigenvalue weighted by Crippen LogP contribution is 2.01. The van der Waals surface area contributed by atoms with Crippen molar-refractivity contribution in [1.29, 1.82) is 0 Å². The van der Waals surface area contributed by atoms with Crippen molar-refractivity contribution in [1.82, 2.24) is 4.90 Å². The summed E-state index contributed by atoms with van der Waals surface area (Å²) >= 11 is 0. The van der Waals surface area contributed by atoms with Crippen LogP contribution in [0, 0.1) is 0 Å². The van der Waals surface area contributed by atoms with Crippen molar-refractivity contribution in [3.8, 4) is 0 Å². The summed E-state index contributed by atoms with van der Waals surface area (Å²) in [6, 6.07) is 0. The first-order valence-electron chi connectivity index (χ1n) is 4.70. The monoisotopic (exact) mass is 183 g/mol. The zero-order valence-corrected chi connectivity index (χ0v) is 9.51. The van der Waals surface area contributed by atoms with Gasteiger partial charge in [-0.1, -0.05) is 13.2 Å². The van der Waals surface area contributed by atoms with E-state index in [1.807, 2.05) is 0 Å². The van der Waals surface area contributed by atoms with Crippen molar-refractivity contribution in [3.63, 3.8) is 0 Å². The van der Waals surface area contributed by atoms with Crippen LogP contribution in [0.4, 0.5) is 0 Å². The topological polar surface area (TPSA) is 3.24 Å². The van der Waals surface area contributed by atoms with Crippen LogP contribution in [-0.2, 0) is 0 Å². The fourth-order valence-corrected chi connectivity index (χ4v) is 1.08. The highest BCUT2D eigenvalue weighted by Gasteiger charge is 2.06. The maximum Gasteiger partial charge on any atom is 0.0797 e. The molecule has 0 rings (SSSR count). The molecule has 0 unspecified atom stereocenters. The van der Waals surface area contributed by atoms with E-state index in [0.29, 0.717) is 0 Å². The molecule has 0 aliphatic heterocycles. The van der Waals surface area contributed by atoms with E-state index in [-0.39, 0.29) is 0 Å². The van der Waals surface area contributed by atoms with Crippen LogP contribution < -0.4 is 0 Å². The Bertz CT molecular complexity index is 177. The third-order valence-corrected chi connectivity index (χ3v) is 2.05. The van der Waals surface area contributed by atoms with E-state index < -0.39 is 0 Å². The van der Waals surface area contributed by atoms with Gasteiger partial charge in [0.2, 0.25) is 0 Å². The molecule has 0 saturated heterocycles. The highest BCUT2D eigenvalue weighted by atomic mass is 15.3. The summed E-state index contributed by atoms with van der Waals surface area (Å²) in [6.07, 6.45) is 2.98. The van der Waals surface area contributed by atoms with E-state index in [0.717, 1.165) is 16.7 Å². The van der Waals surface area contributed by atoms with Gasteiger partial charge in [-0.25, -0.2) is 0 Å². The van der Waals surface area contributed by atoms with Crippen molar-refractivity contribution >= 4 is 0 Å². The minimum Gasteiger partial charge on any atom is -0.375 e. The second-order valence-corrected chi connectivity index (χ2v) is 4.48. The molecule has 0 aromatic heterocycles. The standard InChI is InChI=1S/C11H23N2/c1-7-11(2)12(3)9-8-10-13(4,5)6/h7H,1-2,8-10H2,3-6H3/q+1. The van der Waals surface area contributed by atoms with Gasteiger partial charge in [-0.2, -0.15) is 0 Å². The molecule has 0 radical (unpaired) electrons. The van der Waals surface area contributed by atoms with E-state index in [9.17, 15) is 0 Å². The first kappa shape index (κ1) is 12.2. The Hall–Kier alpha value is -0.760. The largest absolute Gasteiger partial charge is 0.375 e. The number of hydrogen-bond acceptors (Lipinski definition) is 1. The maximum atomic E-state index is 3.89. The molecule has 76 valence electrons. The molecule has 0 heterocycles. The third kappa shape index (κ3) is 6.41. The molecule has 0 aromatic carbocycles. The van der Waals surface area contributed by atoms with Crippen LogP contribution in [0.3, 0.4) is 0 Å². The van der Waals surface area contributed by atoms with E-state index in [1.165, 1.54) is 13.0 Å². The van der Waals surface area contributed by atoms with Gasteiger partial charge >= 0.3 is 0 Å². The summed E-state index contributed by atoms with van der Waals surface area (Å²) in [5, 5.41) is 0. The average Bonchev–Trinajstić information content (AvgIpc) is 2.00. The molecule has 0 N–H and O–H groups in total. The maximum absolute atomic E-state index is 3.89. The van der Waals surface area contributed by atoms with Gasteiger partial charge in [-0.15, -0.1) is 0 Å². The Kier molecular flexibility index (Phi) is 4.78. The first-order chi connectivity index (χ1) is 5.87. The van der Waals surface area contributed by atoms with Crippen LogP contribution in [0.1, 0.15) is 6.42 Å². The van der Waals surface area contributed by atoms with Gasteiger partial charge < -0.3 is 9.38 Å². The predicted molar refractivity (Wildman–Crippen MR) is 59.5 cm³/mol. The fraction of sp³-hybridized carbons (Fsp3) is 0.636. The van der Waals surface area contributed by atoms with Crippen LogP contribution in [0.5, 0.6) is 0 Å². The molecule has 0 amide bonds. The highest BCUT2D eigenvalue weighted by molar-refractivity contribution is 5.08. The Balaban J connectivity index is 3.65. The van der Waals surface area contributed by atoms with Crippen molar-refractivity contribution < 1.29 is 4.48 Å². The van der Waals surface area contributed by atoms with Crippen LogP contribution in [0.25, 0.3) is 0 Å². The molecule has 0 aliphatic rings. The minimum atomic E-state index is 1.00. The van der Waals surface area contributed by atoms with E-state index in [1.54, 1.807) is 6.08 Å². The van der Waals surface area contributed by atoms with E-state index >= 15 is 0 Å². The average molecular weight is 183 g/mol. The second kappa shape index (κ2) is 5.07. The van der Waals surface area contributed by atoms with Gasteiger partial charge in [0.1, 0.15) is 0 Å².